The number of carbonyl (C=O) groups is 2. The standard InChI is InChI=1S/C14H17NO4/c1-9-3-4-10(2)12(7-9)15-11(8-13(16)17)5-6-19-14(15)18/h3-4,7,11H,5-6,8H2,1-2H3,(H,16,17). The Labute approximate surface area is 111 Å². The normalized spacial score (nSPS) is 19.2. The molecular formula is C14H17NO4. The van der Waals surface area contributed by atoms with E-state index in [9.17, 15) is 9.59 Å². The molecule has 1 atom stereocenters. The highest BCUT2D eigenvalue weighted by Crippen LogP contribution is 2.29. The molecule has 1 aliphatic rings. The summed E-state index contributed by atoms with van der Waals surface area (Å²) in [6.07, 6.45) is -0.000307. The van der Waals surface area contributed by atoms with Crippen molar-refractivity contribution in [3.05, 3.63) is 29.3 Å². The Kier molecular flexibility index (Phi) is 3.74. The molecular weight excluding hydrogens is 246 g/mol. The van der Waals surface area contributed by atoms with Gasteiger partial charge in [0.25, 0.3) is 0 Å². The Balaban J connectivity index is 2.38. The Morgan fingerprint density at radius 3 is 2.89 bits per heavy atom. The molecule has 0 bridgehead atoms. The van der Waals surface area contributed by atoms with Crippen molar-refractivity contribution in [2.24, 2.45) is 0 Å². The molecule has 0 aromatic heterocycles. The maximum absolute atomic E-state index is 12.0. The molecule has 0 spiro atoms. The molecule has 19 heavy (non-hydrogen) atoms. The van der Waals surface area contributed by atoms with Crippen LogP contribution in [0.25, 0.3) is 0 Å². The first kappa shape index (κ1) is 13.4. The lowest BCUT2D eigenvalue weighted by Gasteiger charge is -2.35. The highest BCUT2D eigenvalue weighted by atomic mass is 16.6. The van der Waals surface area contributed by atoms with Crippen molar-refractivity contribution < 1.29 is 19.4 Å². The first-order chi connectivity index (χ1) is 8.99. The molecule has 1 aliphatic heterocycles. The summed E-state index contributed by atoms with van der Waals surface area (Å²) in [4.78, 5) is 24.4. The van der Waals surface area contributed by atoms with Gasteiger partial charge in [0.05, 0.1) is 24.8 Å². The molecule has 1 aromatic carbocycles. The summed E-state index contributed by atoms with van der Waals surface area (Å²) < 4.78 is 5.05. The van der Waals surface area contributed by atoms with Crippen molar-refractivity contribution in [2.45, 2.75) is 32.7 Å². The number of cyclic esters (lactones) is 1. The summed E-state index contributed by atoms with van der Waals surface area (Å²) in [5, 5.41) is 8.96. The van der Waals surface area contributed by atoms with E-state index in [1.807, 2.05) is 32.0 Å². The zero-order valence-electron chi connectivity index (χ0n) is 11.0. The van der Waals surface area contributed by atoms with Crippen LogP contribution in [0.1, 0.15) is 24.0 Å². The maximum Gasteiger partial charge on any atom is 0.414 e. The molecule has 1 fully saturated rings. The summed E-state index contributed by atoms with van der Waals surface area (Å²) >= 11 is 0. The van der Waals surface area contributed by atoms with Crippen LogP contribution in [0, 0.1) is 13.8 Å². The second-order valence-corrected chi connectivity index (χ2v) is 4.81. The largest absolute Gasteiger partial charge is 0.481 e. The SMILES string of the molecule is Cc1ccc(C)c(N2C(=O)OCCC2CC(=O)O)c1. The van der Waals surface area contributed by atoms with Gasteiger partial charge in [0.2, 0.25) is 0 Å². The maximum atomic E-state index is 12.0. The van der Waals surface area contributed by atoms with E-state index in [0.29, 0.717) is 6.42 Å². The quantitative estimate of drug-likeness (QED) is 0.909. The second kappa shape index (κ2) is 5.30. The number of carboxylic acids is 1. The fraction of sp³-hybridized carbons (Fsp3) is 0.429. The van der Waals surface area contributed by atoms with Crippen LogP contribution in [0.4, 0.5) is 10.5 Å². The Hall–Kier alpha value is -2.04. The summed E-state index contributed by atoms with van der Waals surface area (Å²) in [5.41, 5.74) is 2.68. The zero-order chi connectivity index (χ0) is 14.0. The van der Waals surface area contributed by atoms with E-state index in [2.05, 4.69) is 0 Å². The van der Waals surface area contributed by atoms with Crippen molar-refractivity contribution in [2.75, 3.05) is 11.5 Å². The van der Waals surface area contributed by atoms with Gasteiger partial charge in [-0.3, -0.25) is 9.69 Å². The third kappa shape index (κ3) is 2.86. The first-order valence-corrected chi connectivity index (χ1v) is 6.24. The summed E-state index contributed by atoms with van der Waals surface area (Å²) in [6, 6.07) is 5.42. The van der Waals surface area contributed by atoms with Crippen molar-refractivity contribution in [1.82, 2.24) is 0 Å². The minimum Gasteiger partial charge on any atom is -0.481 e. The lowest BCUT2D eigenvalue weighted by molar-refractivity contribution is -0.137. The summed E-state index contributed by atoms with van der Waals surface area (Å²) in [6.45, 7) is 4.11. The molecule has 1 unspecified atom stereocenters. The molecule has 0 aliphatic carbocycles. The number of carbonyl (C=O) groups excluding carboxylic acids is 1. The van der Waals surface area contributed by atoms with E-state index in [1.165, 1.54) is 4.90 Å². The van der Waals surface area contributed by atoms with Crippen molar-refractivity contribution in [1.29, 1.82) is 0 Å². The van der Waals surface area contributed by atoms with Crippen LogP contribution in [-0.4, -0.2) is 29.8 Å². The average molecular weight is 263 g/mol. The van der Waals surface area contributed by atoms with E-state index in [1.54, 1.807) is 0 Å². The van der Waals surface area contributed by atoms with Gasteiger partial charge in [-0.1, -0.05) is 12.1 Å². The fourth-order valence-electron chi connectivity index (χ4n) is 2.30. The second-order valence-electron chi connectivity index (χ2n) is 4.81. The number of hydrogen-bond acceptors (Lipinski definition) is 3. The van der Waals surface area contributed by atoms with Crippen LogP contribution < -0.4 is 4.90 Å². The Morgan fingerprint density at radius 2 is 2.21 bits per heavy atom. The zero-order valence-corrected chi connectivity index (χ0v) is 11.0. The minimum absolute atomic E-state index is 0.0670. The van der Waals surface area contributed by atoms with Gasteiger partial charge in [-0.25, -0.2) is 4.79 Å². The number of nitrogens with zero attached hydrogens (tertiary/aromatic N) is 1. The minimum atomic E-state index is -0.907. The number of amides is 1. The number of hydrogen-bond donors (Lipinski definition) is 1. The molecule has 1 heterocycles. The Bertz CT molecular complexity index is 512. The summed E-state index contributed by atoms with van der Waals surface area (Å²) in [5.74, 6) is -0.907. The van der Waals surface area contributed by atoms with Gasteiger partial charge in [0.15, 0.2) is 0 Å². The predicted octanol–water partition coefficient (Wildman–Crippen LogP) is 2.49. The number of ether oxygens (including phenoxy) is 1. The van der Waals surface area contributed by atoms with Gasteiger partial charge in [0, 0.05) is 6.42 Å². The molecule has 0 saturated carbocycles. The number of carboxylic acid groups (broad SMARTS) is 1. The average Bonchev–Trinajstić information content (AvgIpc) is 2.32. The van der Waals surface area contributed by atoms with Gasteiger partial charge in [0.1, 0.15) is 0 Å². The van der Waals surface area contributed by atoms with Crippen LogP contribution in [-0.2, 0) is 9.53 Å². The molecule has 5 heteroatoms. The summed E-state index contributed by atoms with van der Waals surface area (Å²) in [7, 11) is 0. The van der Waals surface area contributed by atoms with Gasteiger partial charge in [-0.05, 0) is 31.0 Å². The van der Waals surface area contributed by atoms with E-state index in [4.69, 9.17) is 9.84 Å². The fourth-order valence-corrected chi connectivity index (χ4v) is 2.30. The number of aliphatic carboxylic acids is 1. The number of aryl methyl sites for hydroxylation is 2. The van der Waals surface area contributed by atoms with Crippen molar-refractivity contribution >= 4 is 17.7 Å². The third-order valence-electron chi connectivity index (χ3n) is 3.27. The van der Waals surface area contributed by atoms with Crippen LogP contribution in [0.5, 0.6) is 0 Å². The molecule has 1 amide bonds. The van der Waals surface area contributed by atoms with Gasteiger partial charge >= 0.3 is 12.1 Å². The van der Waals surface area contributed by atoms with E-state index in [0.717, 1.165) is 16.8 Å². The molecule has 102 valence electrons. The molecule has 0 radical (unpaired) electrons. The molecule has 1 saturated heterocycles. The van der Waals surface area contributed by atoms with Crippen LogP contribution in [0.15, 0.2) is 18.2 Å². The Morgan fingerprint density at radius 1 is 1.47 bits per heavy atom. The number of benzene rings is 1. The van der Waals surface area contributed by atoms with Crippen LogP contribution in [0.3, 0.4) is 0 Å². The lowest BCUT2D eigenvalue weighted by Crippen LogP contribution is -2.47. The lowest BCUT2D eigenvalue weighted by atomic mass is 10.0. The monoisotopic (exact) mass is 263 g/mol. The molecule has 1 N–H and O–H groups in total. The van der Waals surface area contributed by atoms with E-state index >= 15 is 0 Å². The molecule has 2 rings (SSSR count). The van der Waals surface area contributed by atoms with Crippen molar-refractivity contribution in [3.63, 3.8) is 0 Å². The van der Waals surface area contributed by atoms with Crippen molar-refractivity contribution in [3.8, 4) is 0 Å². The number of rotatable bonds is 3. The molecule has 1 aromatic rings. The van der Waals surface area contributed by atoms with E-state index in [-0.39, 0.29) is 19.1 Å². The van der Waals surface area contributed by atoms with Crippen LogP contribution in [0.2, 0.25) is 0 Å². The highest BCUT2D eigenvalue weighted by Gasteiger charge is 2.33. The van der Waals surface area contributed by atoms with Gasteiger partial charge in [-0.2, -0.15) is 0 Å². The predicted molar refractivity (Wildman–Crippen MR) is 70.4 cm³/mol. The highest BCUT2D eigenvalue weighted by molar-refractivity contribution is 5.91. The third-order valence-corrected chi connectivity index (χ3v) is 3.27. The smallest absolute Gasteiger partial charge is 0.414 e. The van der Waals surface area contributed by atoms with Gasteiger partial charge in [-0.15, -0.1) is 0 Å². The number of anilines is 1. The van der Waals surface area contributed by atoms with Gasteiger partial charge < -0.3 is 9.84 Å². The van der Waals surface area contributed by atoms with Crippen LogP contribution >= 0.6 is 0 Å². The molecule has 5 nitrogen and oxygen atoms in total. The first-order valence-electron chi connectivity index (χ1n) is 6.24. The topological polar surface area (TPSA) is 66.8 Å². The van der Waals surface area contributed by atoms with E-state index < -0.39 is 12.1 Å².